The molecule has 172 valence electrons. The molecule has 1 atom stereocenters. The van der Waals surface area contributed by atoms with Crippen LogP contribution in [0.1, 0.15) is 36.2 Å². The van der Waals surface area contributed by atoms with Crippen LogP contribution in [0, 0.1) is 5.92 Å². The first-order valence-electron chi connectivity index (χ1n) is 9.67. The molecular formula is C22H22ClF3N2O4. The zero-order valence-electron chi connectivity index (χ0n) is 17.3. The van der Waals surface area contributed by atoms with Gasteiger partial charge < -0.3 is 15.4 Å². The lowest BCUT2D eigenvalue weighted by atomic mass is 10.1. The topological polar surface area (TPSA) is 84.5 Å². The quantitative estimate of drug-likeness (QED) is 0.548. The minimum atomic E-state index is -4.62. The maximum absolute atomic E-state index is 13.0. The van der Waals surface area contributed by atoms with E-state index < -0.39 is 42.2 Å². The molecule has 0 radical (unpaired) electrons. The Hall–Kier alpha value is -3.07. The van der Waals surface area contributed by atoms with E-state index in [1.807, 2.05) is 0 Å². The van der Waals surface area contributed by atoms with Crippen molar-refractivity contribution in [2.75, 3.05) is 11.9 Å². The van der Waals surface area contributed by atoms with Gasteiger partial charge in [-0.15, -0.1) is 0 Å². The van der Waals surface area contributed by atoms with Crippen LogP contribution >= 0.6 is 11.6 Å². The third-order valence-corrected chi connectivity index (χ3v) is 4.56. The molecule has 0 aliphatic rings. The summed E-state index contributed by atoms with van der Waals surface area (Å²) < 4.78 is 44.0. The molecule has 2 aromatic carbocycles. The molecule has 0 aliphatic carbocycles. The molecule has 0 heterocycles. The second-order valence-electron chi connectivity index (χ2n) is 7.34. The van der Waals surface area contributed by atoms with Crippen LogP contribution in [0.2, 0.25) is 5.02 Å². The lowest BCUT2D eigenvalue weighted by molar-refractivity contribution is -0.154. The molecule has 0 bridgehead atoms. The number of carbonyl (C=O) groups is 3. The number of anilines is 1. The summed E-state index contributed by atoms with van der Waals surface area (Å²) in [6, 6.07) is 10.7. The van der Waals surface area contributed by atoms with Gasteiger partial charge in [-0.1, -0.05) is 43.6 Å². The Morgan fingerprint density at radius 2 is 1.72 bits per heavy atom. The highest BCUT2D eigenvalue weighted by molar-refractivity contribution is 6.33. The van der Waals surface area contributed by atoms with Crippen molar-refractivity contribution in [3.05, 3.63) is 64.7 Å². The van der Waals surface area contributed by atoms with E-state index >= 15 is 0 Å². The van der Waals surface area contributed by atoms with E-state index in [0.717, 1.165) is 12.1 Å². The number of alkyl halides is 3. The molecule has 0 aliphatic heterocycles. The van der Waals surface area contributed by atoms with E-state index in [1.165, 1.54) is 0 Å². The number of nitrogens with one attached hydrogen (secondary N) is 2. The fourth-order valence-corrected chi connectivity index (χ4v) is 2.86. The Morgan fingerprint density at radius 3 is 2.31 bits per heavy atom. The summed E-state index contributed by atoms with van der Waals surface area (Å²) >= 11 is 5.91. The number of hydrogen-bond acceptors (Lipinski definition) is 4. The van der Waals surface area contributed by atoms with E-state index in [0.29, 0.717) is 11.6 Å². The molecular weight excluding hydrogens is 449 g/mol. The van der Waals surface area contributed by atoms with Gasteiger partial charge in [-0.25, -0.2) is 0 Å². The monoisotopic (exact) mass is 470 g/mol. The first kappa shape index (κ1) is 25.2. The van der Waals surface area contributed by atoms with Gasteiger partial charge in [0.2, 0.25) is 0 Å². The molecule has 0 saturated carbocycles. The van der Waals surface area contributed by atoms with Crippen LogP contribution in [-0.4, -0.2) is 30.4 Å². The zero-order chi connectivity index (χ0) is 23.9. The fourth-order valence-electron chi connectivity index (χ4n) is 2.69. The molecule has 2 amide bonds. The molecule has 2 rings (SSSR count). The minimum Gasteiger partial charge on any atom is -0.451 e. The maximum Gasteiger partial charge on any atom is 0.416 e. The standard InChI is InChI=1S/C22H22ClF3N2O4/c1-13(2)10-18(32-19(29)12-27-20(30)14-6-4-3-5-7-14)21(31)28-17-11-15(22(24,25)26)8-9-16(17)23/h3-9,11,13,18H,10,12H2,1-2H3,(H,27,30)(H,28,31). The van der Waals surface area contributed by atoms with Crippen molar-refractivity contribution in [2.45, 2.75) is 32.5 Å². The van der Waals surface area contributed by atoms with Gasteiger partial charge in [0.25, 0.3) is 11.8 Å². The first-order valence-corrected chi connectivity index (χ1v) is 10.1. The number of halogens is 4. The molecule has 2 aromatic rings. The Bertz CT molecular complexity index is 965. The van der Waals surface area contributed by atoms with Crippen LogP contribution < -0.4 is 10.6 Å². The molecule has 32 heavy (non-hydrogen) atoms. The Morgan fingerprint density at radius 1 is 1.06 bits per heavy atom. The van der Waals surface area contributed by atoms with Gasteiger partial charge in [0.1, 0.15) is 6.54 Å². The van der Waals surface area contributed by atoms with Crippen LogP contribution in [-0.2, 0) is 20.5 Å². The zero-order valence-corrected chi connectivity index (χ0v) is 18.1. The molecule has 1 unspecified atom stereocenters. The Kier molecular flexibility index (Phi) is 8.65. The van der Waals surface area contributed by atoms with Gasteiger partial charge >= 0.3 is 12.1 Å². The first-order chi connectivity index (χ1) is 15.0. The second-order valence-corrected chi connectivity index (χ2v) is 7.75. The average Bonchev–Trinajstić information content (AvgIpc) is 2.72. The lowest BCUT2D eigenvalue weighted by Gasteiger charge is -2.20. The Labute approximate surface area is 188 Å². The number of amides is 2. The summed E-state index contributed by atoms with van der Waals surface area (Å²) in [7, 11) is 0. The van der Waals surface area contributed by atoms with E-state index in [9.17, 15) is 27.6 Å². The Balaban J connectivity index is 2.05. The molecule has 0 spiro atoms. The number of carbonyl (C=O) groups excluding carboxylic acids is 3. The molecule has 10 heteroatoms. The van der Waals surface area contributed by atoms with Crippen LogP contribution in [0.5, 0.6) is 0 Å². The predicted octanol–water partition coefficient (Wildman–Crippen LogP) is 4.69. The number of hydrogen-bond donors (Lipinski definition) is 2. The highest BCUT2D eigenvalue weighted by Crippen LogP contribution is 2.34. The van der Waals surface area contributed by atoms with Gasteiger partial charge in [-0.3, -0.25) is 14.4 Å². The van der Waals surface area contributed by atoms with Crippen molar-refractivity contribution >= 4 is 35.1 Å². The van der Waals surface area contributed by atoms with Crippen LogP contribution in [0.25, 0.3) is 0 Å². The van der Waals surface area contributed by atoms with Crippen molar-refractivity contribution < 1.29 is 32.3 Å². The summed E-state index contributed by atoms with van der Waals surface area (Å²) in [5, 5.41) is 4.58. The largest absolute Gasteiger partial charge is 0.451 e. The van der Waals surface area contributed by atoms with Crippen LogP contribution in [0.3, 0.4) is 0 Å². The molecule has 2 N–H and O–H groups in total. The van der Waals surface area contributed by atoms with Gasteiger partial charge in [0.15, 0.2) is 6.10 Å². The third kappa shape index (κ3) is 7.56. The molecule has 0 aromatic heterocycles. The highest BCUT2D eigenvalue weighted by Gasteiger charge is 2.32. The molecule has 0 saturated heterocycles. The number of benzene rings is 2. The van der Waals surface area contributed by atoms with Crippen LogP contribution in [0.15, 0.2) is 48.5 Å². The summed E-state index contributed by atoms with van der Waals surface area (Å²) in [4.78, 5) is 36.9. The third-order valence-electron chi connectivity index (χ3n) is 4.23. The summed E-state index contributed by atoms with van der Waals surface area (Å²) in [6.45, 7) is 3.07. The summed E-state index contributed by atoms with van der Waals surface area (Å²) in [5.74, 6) is -2.27. The van der Waals surface area contributed by atoms with Gasteiger partial charge in [-0.2, -0.15) is 13.2 Å². The normalized spacial score (nSPS) is 12.2. The predicted molar refractivity (Wildman–Crippen MR) is 113 cm³/mol. The van der Waals surface area contributed by atoms with E-state index in [4.69, 9.17) is 16.3 Å². The van der Waals surface area contributed by atoms with Crippen molar-refractivity contribution in [2.24, 2.45) is 5.92 Å². The molecule has 0 fully saturated rings. The van der Waals surface area contributed by atoms with E-state index in [1.54, 1.807) is 44.2 Å². The van der Waals surface area contributed by atoms with Crippen molar-refractivity contribution in [1.82, 2.24) is 5.32 Å². The maximum atomic E-state index is 13.0. The number of esters is 1. The van der Waals surface area contributed by atoms with Crippen molar-refractivity contribution in [3.8, 4) is 0 Å². The number of ether oxygens (including phenoxy) is 1. The van der Waals surface area contributed by atoms with Gasteiger partial charge in [0.05, 0.1) is 16.3 Å². The average molecular weight is 471 g/mol. The van der Waals surface area contributed by atoms with E-state index in [2.05, 4.69) is 10.6 Å². The van der Waals surface area contributed by atoms with Crippen LogP contribution in [0.4, 0.5) is 18.9 Å². The number of rotatable bonds is 8. The van der Waals surface area contributed by atoms with Crippen molar-refractivity contribution in [3.63, 3.8) is 0 Å². The van der Waals surface area contributed by atoms with Gasteiger partial charge in [0, 0.05) is 5.56 Å². The van der Waals surface area contributed by atoms with Gasteiger partial charge in [-0.05, 0) is 42.7 Å². The summed E-state index contributed by atoms with van der Waals surface area (Å²) in [6.07, 6.45) is -5.80. The minimum absolute atomic E-state index is 0.0746. The summed E-state index contributed by atoms with van der Waals surface area (Å²) in [5.41, 5.74) is -0.900. The fraction of sp³-hybridized carbons (Fsp3) is 0.318. The van der Waals surface area contributed by atoms with Crippen molar-refractivity contribution in [1.29, 1.82) is 0 Å². The second kappa shape index (κ2) is 11.0. The SMILES string of the molecule is CC(C)CC(OC(=O)CNC(=O)c1ccccc1)C(=O)Nc1cc(C(F)(F)F)ccc1Cl. The highest BCUT2D eigenvalue weighted by atomic mass is 35.5. The molecule has 6 nitrogen and oxygen atoms in total. The smallest absolute Gasteiger partial charge is 0.416 e. The van der Waals surface area contributed by atoms with E-state index in [-0.39, 0.29) is 23.0 Å². The lowest BCUT2D eigenvalue weighted by Crippen LogP contribution is -2.38.